The van der Waals surface area contributed by atoms with E-state index >= 15 is 0 Å². The third-order valence-electron chi connectivity index (χ3n) is 6.16. The second-order valence-corrected chi connectivity index (χ2v) is 11.0. The summed E-state index contributed by atoms with van der Waals surface area (Å²) in [5, 5.41) is 0. The van der Waals surface area contributed by atoms with E-state index in [9.17, 15) is 43.2 Å². The summed E-state index contributed by atoms with van der Waals surface area (Å²) in [7, 11) is -12.2. The van der Waals surface area contributed by atoms with Crippen LogP contribution in [0.5, 0.6) is 11.5 Å². The Bertz CT molecular complexity index is 1160. The molecule has 0 spiro atoms. The molecular formula is C18H12F6O6S2. The maximum atomic E-state index is 13.1. The summed E-state index contributed by atoms with van der Waals surface area (Å²) in [5.41, 5.74) is -11.8. The fourth-order valence-electron chi connectivity index (χ4n) is 5.00. The Morgan fingerprint density at radius 3 is 1.06 bits per heavy atom. The van der Waals surface area contributed by atoms with E-state index in [1.807, 2.05) is 0 Å². The average molecular weight is 502 g/mol. The van der Waals surface area contributed by atoms with Crippen molar-refractivity contribution < 1.29 is 51.5 Å². The summed E-state index contributed by atoms with van der Waals surface area (Å²) in [6.07, 6.45) is 6.70. The van der Waals surface area contributed by atoms with Crippen LogP contribution >= 0.6 is 0 Å². The maximum Gasteiger partial charge on any atom is 0.534 e. The summed E-state index contributed by atoms with van der Waals surface area (Å²) in [6, 6.07) is 0. The molecule has 0 aromatic heterocycles. The zero-order chi connectivity index (χ0) is 23.4. The van der Waals surface area contributed by atoms with E-state index in [0.717, 1.165) is 0 Å². The minimum absolute atomic E-state index is 0.0857. The van der Waals surface area contributed by atoms with Crippen molar-refractivity contribution >= 4 is 20.2 Å². The smallest absolute Gasteiger partial charge is 0.375 e. The number of hydrogen-bond donors (Lipinski definition) is 0. The normalized spacial score (nSPS) is 27.7. The van der Waals surface area contributed by atoms with Gasteiger partial charge in [-0.05, 0) is 12.8 Å². The first-order chi connectivity index (χ1) is 14.6. The van der Waals surface area contributed by atoms with Crippen LogP contribution in [-0.4, -0.2) is 27.9 Å². The summed E-state index contributed by atoms with van der Waals surface area (Å²) in [5.74, 6) is -3.82. The Kier molecular flexibility index (Phi) is 4.20. The van der Waals surface area contributed by atoms with Gasteiger partial charge in [0.1, 0.15) is 0 Å². The Morgan fingerprint density at radius 2 is 0.844 bits per heavy atom. The maximum absolute atomic E-state index is 13.1. The fraction of sp³-hybridized carbons (Fsp3) is 0.444. The number of fused-ring (bicyclic) bond motifs is 10. The topological polar surface area (TPSA) is 86.7 Å². The van der Waals surface area contributed by atoms with Crippen LogP contribution in [0.15, 0.2) is 24.3 Å². The van der Waals surface area contributed by atoms with Crippen molar-refractivity contribution in [1.82, 2.24) is 0 Å². The highest BCUT2D eigenvalue weighted by Gasteiger charge is 2.55. The van der Waals surface area contributed by atoms with E-state index in [2.05, 4.69) is 8.37 Å². The second-order valence-electron chi connectivity index (χ2n) is 7.95. The van der Waals surface area contributed by atoms with Gasteiger partial charge in [-0.3, -0.25) is 0 Å². The third-order valence-corrected chi connectivity index (χ3v) is 8.07. The first-order valence-electron chi connectivity index (χ1n) is 9.24. The number of alkyl halides is 6. The Morgan fingerprint density at radius 1 is 0.594 bits per heavy atom. The minimum atomic E-state index is -6.09. The quantitative estimate of drug-likeness (QED) is 0.262. The van der Waals surface area contributed by atoms with Gasteiger partial charge in [0.15, 0.2) is 11.5 Å². The zero-order valence-electron chi connectivity index (χ0n) is 15.6. The molecule has 5 rings (SSSR count). The number of halogens is 6. The summed E-state index contributed by atoms with van der Waals surface area (Å²) >= 11 is 0. The van der Waals surface area contributed by atoms with Crippen LogP contribution in [0.2, 0.25) is 0 Å². The molecule has 1 aromatic carbocycles. The molecule has 6 nitrogen and oxygen atoms in total. The van der Waals surface area contributed by atoms with Crippen molar-refractivity contribution in [3.05, 3.63) is 46.6 Å². The molecule has 0 saturated heterocycles. The summed E-state index contributed by atoms with van der Waals surface area (Å²) < 4.78 is 135. The molecule has 4 bridgehead atoms. The van der Waals surface area contributed by atoms with Crippen LogP contribution in [0, 0.1) is 0 Å². The van der Waals surface area contributed by atoms with Crippen molar-refractivity contribution in [3.63, 3.8) is 0 Å². The molecule has 0 unspecified atom stereocenters. The lowest BCUT2D eigenvalue weighted by atomic mass is 9.85. The van der Waals surface area contributed by atoms with Crippen LogP contribution in [0.4, 0.5) is 26.3 Å². The SMILES string of the molecule is O=S(=O)(Oc1c2c(c(OS(=O)(=O)C(F)(F)F)c3c1[C@@H]1C=C[C@H]3C1)[C@H]1C=C[C@@H]2C1)C(F)(F)F. The second kappa shape index (κ2) is 6.22. The van der Waals surface area contributed by atoms with E-state index in [1.54, 1.807) is 24.3 Å². The molecule has 0 saturated carbocycles. The van der Waals surface area contributed by atoms with Crippen molar-refractivity contribution in [2.24, 2.45) is 0 Å². The zero-order valence-corrected chi connectivity index (χ0v) is 17.2. The lowest BCUT2D eigenvalue weighted by molar-refractivity contribution is -0.0506. The molecule has 0 amide bonds. The van der Waals surface area contributed by atoms with Crippen LogP contribution in [-0.2, 0) is 20.2 Å². The number of rotatable bonds is 4. The predicted molar refractivity (Wildman–Crippen MR) is 96.1 cm³/mol. The molecular weight excluding hydrogens is 490 g/mol. The number of allylic oxidation sites excluding steroid dienone is 4. The van der Waals surface area contributed by atoms with Crippen molar-refractivity contribution in [1.29, 1.82) is 0 Å². The molecule has 4 aliphatic carbocycles. The van der Waals surface area contributed by atoms with Gasteiger partial charge in [0.25, 0.3) is 0 Å². The number of benzene rings is 1. The van der Waals surface area contributed by atoms with Gasteiger partial charge < -0.3 is 8.37 Å². The number of hydrogen-bond acceptors (Lipinski definition) is 6. The van der Waals surface area contributed by atoms with Gasteiger partial charge in [0.2, 0.25) is 0 Å². The van der Waals surface area contributed by atoms with E-state index in [4.69, 9.17) is 0 Å². The van der Waals surface area contributed by atoms with E-state index in [-0.39, 0.29) is 35.1 Å². The average Bonchev–Trinajstić information content (AvgIpc) is 3.41. The summed E-state index contributed by atoms with van der Waals surface area (Å²) in [4.78, 5) is 0. The molecule has 0 radical (unpaired) electrons. The summed E-state index contributed by atoms with van der Waals surface area (Å²) in [6.45, 7) is 0. The fourth-order valence-corrected chi connectivity index (χ4v) is 5.99. The van der Waals surface area contributed by atoms with Crippen LogP contribution in [0.3, 0.4) is 0 Å². The van der Waals surface area contributed by atoms with Gasteiger partial charge in [0.05, 0.1) is 0 Å². The van der Waals surface area contributed by atoms with Crippen molar-refractivity contribution in [2.75, 3.05) is 0 Å². The Labute approximate surface area is 177 Å². The van der Waals surface area contributed by atoms with Gasteiger partial charge in [-0.1, -0.05) is 24.3 Å². The molecule has 0 heterocycles. The molecule has 1 aromatic rings. The predicted octanol–water partition coefficient (Wildman–Crippen LogP) is 4.42. The lowest BCUT2D eigenvalue weighted by Gasteiger charge is -2.27. The minimum Gasteiger partial charge on any atom is -0.375 e. The Balaban J connectivity index is 1.79. The largest absolute Gasteiger partial charge is 0.534 e. The molecule has 0 N–H and O–H groups in total. The molecule has 32 heavy (non-hydrogen) atoms. The molecule has 4 atom stereocenters. The van der Waals surface area contributed by atoms with Gasteiger partial charge >= 0.3 is 31.3 Å². The van der Waals surface area contributed by atoms with Crippen LogP contribution < -0.4 is 8.37 Å². The van der Waals surface area contributed by atoms with Gasteiger partial charge in [-0.25, -0.2) is 0 Å². The highest BCUT2D eigenvalue weighted by molar-refractivity contribution is 7.88. The van der Waals surface area contributed by atoms with E-state index < -0.39 is 66.4 Å². The molecule has 0 fully saturated rings. The molecule has 14 heteroatoms. The first-order valence-corrected chi connectivity index (χ1v) is 12.1. The van der Waals surface area contributed by atoms with Crippen molar-refractivity contribution in [2.45, 2.75) is 47.5 Å². The molecule has 174 valence electrons. The van der Waals surface area contributed by atoms with Crippen LogP contribution in [0.1, 0.15) is 58.8 Å². The lowest BCUT2D eigenvalue weighted by Crippen LogP contribution is -2.30. The highest BCUT2D eigenvalue weighted by Crippen LogP contribution is 2.65. The first kappa shape index (κ1) is 21.6. The molecule has 0 aliphatic heterocycles. The van der Waals surface area contributed by atoms with Gasteiger partial charge in [-0.15, -0.1) is 0 Å². The highest BCUT2D eigenvalue weighted by atomic mass is 32.2. The van der Waals surface area contributed by atoms with Gasteiger partial charge in [0, 0.05) is 45.9 Å². The molecule has 4 aliphatic rings. The van der Waals surface area contributed by atoms with Gasteiger partial charge in [-0.2, -0.15) is 43.2 Å². The third kappa shape index (κ3) is 2.84. The Hall–Kier alpha value is -2.22. The van der Waals surface area contributed by atoms with E-state index in [0.29, 0.717) is 0 Å². The van der Waals surface area contributed by atoms with Crippen molar-refractivity contribution in [3.8, 4) is 11.5 Å². The monoisotopic (exact) mass is 502 g/mol. The van der Waals surface area contributed by atoms with E-state index in [1.165, 1.54) is 0 Å². The standard InChI is InChI=1S/C18H12F6O6S2/c19-17(20,21)31(25,26)29-15-11-7-1-2-8(5-7)12(11)16(30-32(27,28)18(22,23)24)14-10-4-3-9(6-10)13(14)15/h1-4,7-10H,5-6H2/t7-,8+,9-,10+. The van der Waals surface area contributed by atoms with Crippen LogP contribution in [0.25, 0.3) is 0 Å².